The molecule has 0 aliphatic carbocycles. The number of nitrogens with zero attached hydrogens (tertiary/aromatic N) is 2. The maximum Gasteiger partial charge on any atom is 0.320 e. The van der Waals surface area contributed by atoms with Gasteiger partial charge >= 0.3 is 6.03 Å². The summed E-state index contributed by atoms with van der Waals surface area (Å²) in [5.41, 5.74) is 5.30. The first-order valence-corrected chi connectivity index (χ1v) is 7.23. The van der Waals surface area contributed by atoms with Gasteiger partial charge in [0.05, 0.1) is 0 Å². The molecule has 2 rings (SSSR count). The van der Waals surface area contributed by atoms with Crippen molar-refractivity contribution in [3.05, 3.63) is 0 Å². The molecule has 3 N–H and O–H groups in total. The fourth-order valence-electron chi connectivity index (χ4n) is 2.89. The fraction of sp³-hybridized carbons (Fsp3) is 0.846. The average molecular weight is 268 g/mol. The highest BCUT2D eigenvalue weighted by Crippen LogP contribution is 2.16. The molecule has 19 heavy (non-hydrogen) atoms. The van der Waals surface area contributed by atoms with Crippen molar-refractivity contribution in [3.8, 4) is 0 Å². The molecule has 1 atom stereocenters. The lowest BCUT2D eigenvalue weighted by Crippen LogP contribution is -2.56. The molecule has 1 unspecified atom stereocenters. The minimum absolute atomic E-state index is 0.0211. The van der Waals surface area contributed by atoms with Gasteiger partial charge in [0.2, 0.25) is 5.91 Å². The van der Waals surface area contributed by atoms with E-state index in [1.807, 2.05) is 4.90 Å². The van der Waals surface area contributed by atoms with Gasteiger partial charge in [0.25, 0.3) is 0 Å². The molecule has 6 heteroatoms. The van der Waals surface area contributed by atoms with E-state index in [4.69, 9.17) is 5.73 Å². The Labute approximate surface area is 114 Å². The largest absolute Gasteiger partial charge is 0.368 e. The van der Waals surface area contributed by atoms with Crippen molar-refractivity contribution >= 4 is 11.9 Å². The summed E-state index contributed by atoms with van der Waals surface area (Å²) in [6.07, 6.45) is 5.27. The Balaban J connectivity index is 2.02. The smallest absolute Gasteiger partial charge is 0.320 e. The number of piperidine rings is 2. The molecule has 2 saturated heterocycles. The van der Waals surface area contributed by atoms with Crippen molar-refractivity contribution in [3.63, 3.8) is 0 Å². The summed E-state index contributed by atoms with van der Waals surface area (Å²) in [4.78, 5) is 27.3. The lowest BCUT2D eigenvalue weighted by molar-refractivity contribution is -0.119. The number of primary amides is 1. The summed E-state index contributed by atoms with van der Waals surface area (Å²) in [7, 11) is 0. The van der Waals surface area contributed by atoms with Crippen LogP contribution in [0.25, 0.3) is 0 Å². The number of urea groups is 1. The summed E-state index contributed by atoms with van der Waals surface area (Å²) < 4.78 is 0. The van der Waals surface area contributed by atoms with Crippen LogP contribution in [-0.4, -0.2) is 60.5 Å². The van der Waals surface area contributed by atoms with Crippen LogP contribution in [0, 0.1) is 0 Å². The normalized spacial score (nSPS) is 24.0. The number of amides is 3. The van der Waals surface area contributed by atoms with Gasteiger partial charge < -0.3 is 20.9 Å². The molecular weight excluding hydrogens is 244 g/mol. The first kappa shape index (κ1) is 14.1. The molecule has 0 aromatic heterocycles. The third-order valence-electron chi connectivity index (χ3n) is 3.91. The number of hydrogen-bond donors (Lipinski definition) is 2. The number of nitrogens with two attached hydrogens (primary N) is 1. The molecule has 2 heterocycles. The Morgan fingerprint density at radius 2 is 1.95 bits per heavy atom. The quantitative estimate of drug-likeness (QED) is 0.764. The molecule has 0 saturated carbocycles. The SMILES string of the molecule is NC(=O)CN(C(=O)N1CCCCC1)C1CCCNC1. The fourth-order valence-corrected chi connectivity index (χ4v) is 2.89. The van der Waals surface area contributed by atoms with Gasteiger partial charge in [-0.3, -0.25) is 4.79 Å². The third kappa shape index (κ3) is 3.83. The minimum atomic E-state index is -0.434. The first-order chi connectivity index (χ1) is 9.18. The van der Waals surface area contributed by atoms with Gasteiger partial charge in [-0.2, -0.15) is 0 Å². The van der Waals surface area contributed by atoms with Crippen LogP contribution in [-0.2, 0) is 4.79 Å². The Kier molecular flexibility index (Phi) is 5.01. The van der Waals surface area contributed by atoms with Crippen LogP contribution in [0.3, 0.4) is 0 Å². The zero-order valence-corrected chi connectivity index (χ0v) is 11.4. The van der Waals surface area contributed by atoms with Crippen LogP contribution >= 0.6 is 0 Å². The second-order valence-electron chi connectivity index (χ2n) is 5.42. The molecule has 0 radical (unpaired) electrons. The Morgan fingerprint density at radius 1 is 1.21 bits per heavy atom. The molecule has 0 aromatic carbocycles. The van der Waals surface area contributed by atoms with E-state index in [-0.39, 0.29) is 18.6 Å². The molecule has 2 aliphatic heterocycles. The van der Waals surface area contributed by atoms with Crippen molar-refractivity contribution in [2.45, 2.75) is 38.1 Å². The van der Waals surface area contributed by atoms with E-state index in [1.165, 1.54) is 6.42 Å². The Bertz CT molecular complexity index is 323. The summed E-state index contributed by atoms with van der Waals surface area (Å²) in [6.45, 7) is 3.37. The number of hydrogen-bond acceptors (Lipinski definition) is 3. The van der Waals surface area contributed by atoms with E-state index in [2.05, 4.69) is 5.32 Å². The number of rotatable bonds is 3. The standard InChI is InChI=1S/C13H24N4O2/c14-12(18)10-17(11-5-4-6-15-9-11)13(19)16-7-2-1-3-8-16/h11,15H,1-10H2,(H2,14,18). The Morgan fingerprint density at radius 3 is 2.53 bits per heavy atom. The molecule has 0 bridgehead atoms. The zero-order valence-electron chi connectivity index (χ0n) is 11.4. The number of nitrogens with one attached hydrogen (secondary N) is 1. The summed E-state index contributed by atoms with van der Waals surface area (Å²) in [5, 5.41) is 3.28. The van der Waals surface area contributed by atoms with Crippen LogP contribution in [0.15, 0.2) is 0 Å². The van der Waals surface area contributed by atoms with E-state index in [1.54, 1.807) is 4.90 Å². The van der Waals surface area contributed by atoms with Gasteiger partial charge in [-0.05, 0) is 38.6 Å². The van der Waals surface area contributed by atoms with Gasteiger partial charge in [-0.25, -0.2) is 4.79 Å². The van der Waals surface area contributed by atoms with E-state index in [9.17, 15) is 9.59 Å². The van der Waals surface area contributed by atoms with Crippen molar-refractivity contribution in [1.82, 2.24) is 15.1 Å². The van der Waals surface area contributed by atoms with Gasteiger partial charge in [0.1, 0.15) is 6.54 Å². The van der Waals surface area contributed by atoms with Crippen molar-refractivity contribution < 1.29 is 9.59 Å². The molecular formula is C13H24N4O2. The van der Waals surface area contributed by atoms with Crippen LogP contribution in [0.5, 0.6) is 0 Å². The van der Waals surface area contributed by atoms with E-state index >= 15 is 0 Å². The lowest BCUT2D eigenvalue weighted by Gasteiger charge is -2.38. The summed E-state index contributed by atoms with van der Waals surface area (Å²) in [6, 6.07) is 0.0721. The first-order valence-electron chi connectivity index (χ1n) is 7.23. The highest BCUT2D eigenvalue weighted by Gasteiger charge is 2.30. The molecule has 2 fully saturated rings. The van der Waals surface area contributed by atoms with E-state index in [0.717, 1.165) is 51.9 Å². The van der Waals surface area contributed by atoms with Crippen LogP contribution in [0.4, 0.5) is 4.79 Å². The highest BCUT2D eigenvalue weighted by molar-refractivity contribution is 5.83. The molecule has 3 amide bonds. The molecule has 0 aromatic rings. The highest BCUT2D eigenvalue weighted by atomic mass is 16.2. The molecule has 0 spiro atoms. The van der Waals surface area contributed by atoms with Crippen LogP contribution in [0.2, 0.25) is 0 Å². The Hall–Kier alpha value is -1.30. The van der Waals surface area contributed by atoms with E-state index < -0.39 is 5.91 Å². The molecule has 2 aliphatic rings. The van der Waals surface area contributed by atoms with Crippen LogP contribution < -0.4 is 11.1 Å². The van der Waals surface area contributed by atoms with Crippen molar-refractivity contribution in [1.29, 1.82) is 0 Å². The number of carbonyl (C=O) groups is 2. The minimum Gasteiger partial charge on any atom is -0.368 e. The summed E-state index contributed by atoms with van der Waals surface area (Å²) >= 11 is 0. The van der Waals surface area contributed by atoms with Crippen molar-refractivity contribution in [2.75, 3.05) is 32.7 Å². The van der Waals surface area contributed by atoms with Gasteiger partial charge in [-0.15, -0.1) is 0 Å². The maximum absolute atomic E-state index is 12.5. The summed E-state index contributed by atoms with van der Waals surface area (Å²) in [5.74, 6) is -0.434. The topological polar surface area (TPSA) is 78.7 Å². The predicted octanol–water partition coefficient (Wildman–Crippen LogP) is 0.132. The third-order valence-corrected chi connectivity index (χ3v) is 3.91. The number of carbonyl (C=O) groups excluding carboxylic acids is 2. The second kappa shape index (κ2) is 6.75. The maximum atomic E-state index is 12.5. The van der Waals surface area contributed by atoms with Gasteiger partial charge in [0, 0.05) is 25.7 Å². The van der Waals surface area contributed by atoms with Crippen molar-refractivity contribution in [2.24, 2.45) is 5.73 Å². The molecule has 108 valence electrons. The number of likely N-dealkylation sites (tertiary alicyclic amines) is 1. The second-order valence-corrected chi connectivity index (χ2v) is 5.42. The zero-order chi connectivity index (χ0) is 13.7. The average Bonchev–Trinajstić information content (AvgIpc) is 2.46. The lowest BCUT2D eigenvalue weighted by atomic mass is 10.1. The van der Waals surface area contributed by atoms with Gasteiger partial charge in [-0.1, -0.05) is 0 Å². The monoisotopic (exact) mass is 268 g/mol. The predicted molar refractivity (Wildman–Crippen MR) is 72.6 cm³/mol. The molecule has 6 nitrogen and oxygen atoms in total. The van der Waals surface area contributed by atoms with Crippen LogP contribution in [0.1, 0.15) is 32.1 Å². The van der Waals surface area contributed by atoms with E-state index in [0.29, 0.717) is 0 Å². The van der Waals surface area contributed by atoms with Gasteiger partial charge in [0.15, 0.2) is 0 Å².